The molecule has 0 amide bonds. The first-order valence-corrected chi connectivity index (χ1v) is 7.65. The molecular weight excluding hydrogens is 323 g/mol. The van der Waals surface area contributed by atoms with E-state index >= 15 is 0 Å². The molecule has 1 fully saturated rings. The summed E-state index contributed by atoms with van der Waals surface area (Å²) in [6.07, 6.45) is -2.42. The standard InChI is InChI=1S/C15H16F3N5O/c16-15(17,18)10-5-9(7-21-13(10)19)11-6-12-14(1-2-20-8-14)24-4-3-23(12)22-11/h5-7,20H,1-4,8H2,(H2,19,21)/t14-/m0/s1. The van der Waals surface area contributed by atoms with Crippen molar-refractivity contribution in [3.8, 4) is 11.3 Å². The van der Waals surface area contributed by atoms with Crippen LogP contribution in [0.4, 0.5) is 19.0 Å². The van der Waals surface area contributed by atoms with Crippen LogP contribution < -0.4 is 11.1 Å². The maximum atomic E-state index is 13.0. The molecule has 0 bridgehead atoms. The van der Waals surface area contributed by atoms with Gasteiger partial charge in [-0.3, -0.25) is 4.68 Å². The highest BCUT2D eigenvalue weighted by Crippen LogP contribution is 2.38. The third-order valence-corrected chi connectivity index (χ3v) is 4.56. The van der Waals surface area contributed by atoms with Crippen molar-refractivity contribution in [2.45, 2.75) is 24.7 Å². The Labute approximate surface area is 135 Å². The van der Waals surface area contributed by atoms with E-state index in [1.54, 1.807) is 6.07 Å². The van der Waals surface area contributed by atoms with Gasteiger partial charge in [-0.15, -0.1) is 0 Å². The van der Waals surface area contributed by atoms with Crippen molar-refractivity contribution < 1.29 is 17.9 Å². The van der Waals surface area contributed by atoms with Crippen molar-refractivity contribution in [2.75, 3.05) is 25.4 Å². The summed E-state index contributed by atoms with van der Waals surface area (Å²) in [5, 5.41) is 7.72. The molecule has 2 aliphatic rings. The first kappa shape index (κ1) is 15.4. The third-order valence-electron chi connectivity index (χ3n) is 4.56. The average molecular weight is 339 g/mol. The Balaban J connectivity index is 1.78. The fourth-order valence-corrected chi connectivity index (χ4v) is 3.35. The second-order valence-corrected chi connectivity index (χ2v) is 6.06. The van der Waals surface area contributed by atoms with Crippen LogP contribution in [0.1, 0.15) is 17.7 Å². The van der Waals surface area contributed by atoms with Gasteiger partial charge in [-0.1, -0.05) is 0 Å². The van der Waals surface area contributed by atoms with Crippen LogP contribution >= 0.6 is 0 Å². The SMILES string of the molecule is Nc1ncc(-c2cc3n(n2)CCO[C@]32CCNC2)cc1C(F)(F)F. The van der Waals surface area contributed by atoms with E-state index in [-0.39, 0.29) is 0 Å². The molecule has 0 saturated carbocycles. The largest absolute Gasteiger partial charge is 0.419 e. The summed E-state index contributed by atoms with van der Waals surface area (Å²) in [5.74, 6) is -0.532. The van der Waals surface area contributed by atoms with Crippen molar-refractivity contribution in [1.29, 1.82) is 0 Å². The van der Waals surface area contributed by atoms with Crippen LogP contribution in [-0.2, 0) is 23.1 Å². The van der Waals surface area contributed by atoms with Gasteiger partial charge in [0.2, 0.25) is 0 Å². The van der Waals surface area contributed by atoms with Gasteiger partial charge in [-0.05, 0) is 25.1 Å². The fraction of sp³-hybridized carbons (Fsp3) is 0.467. The minimum atomic E-state index is -4.55. The number of rotatable bonds is 1. The Morgan fingerprint density at radius 2 is 2.17 bits per heavy atom. The molecule has 1 saturated heterocycles. The molecule has 3 N–H and O–H groups in total. The first-order valence-electron chi connectivity index (χ1n) is 7.65. The number of halogens is 3. The number of nitrogens with two attached hydrogens (primary N) is 1. The quantitative estimate of drug-likeness (QED) is 0.828. The maximum Gasteiger partial charge on any atom is 0.419 e. The zero-order valence-electron chi connectivity index (χ0n) is 12.7. The van der Waals surface area contributed by atoms with Gasteiger partial charge in [0.15, 0.2) is 0 Å². The summed E-state index contributed by atoms with van der Waals surface area (Å²) in [4.78, 5) is 3.68. The molecule has 4 heterocycles. The number of nitrogen functional groups attached to an aromatic ring is 1. The molecule has 6 nitrogen and oxygen atoms in total. The van der Waals surface area contributed by atoms with Crippen molar-refractivity contribution in [3.63, 3.8) is 0 Å². The molecule has 0 radical (unpaired) electrons. The van der Waals surface area contributed by atoms with Crippen LogP contribution in [0.3, 0.4) is 0 Å². The second kappa shape index (κ2) is 5.18. The van der Waals surface area contributed by atoms with Crippen molar-refractivity contribution in [2.24, 2.45) is 0 Å². The molecule has 4 rings (SSSR count). The molecule has 9 heteroatoms. The zero-order valence-corrected chi connectivity index (χ0v) is 12.7. The molecular formula is C15H16F3N5O. The smallest absolute Gasteiger partial charge is 0.383 e. The zero-order chi connectivity index (χ0) is 16.9. The van der Waals surface area contributed by atoms with E-state index < -0.39 is 23.2 Å². The predicted molar refractivity (Wildman–Crippen MR) is 80.0 cm³/mol. The maximum absolute atomic E-state index is 13.0. The van der Waals surface area contributed by atoms with Gasteiger partial charge in [0, 0.05) is 18.3 Å². The lowest BCUT2D eigenvalue weighted by Crippen LogP contribution is -2.40. The second-order valence-electron chi connectivity index (χ2n) is 6.06. The van der Waals surface area contributed by atoms with Crippen LogP contribution in [0.25, 0.3) is 11.3 Å². The van der Waals surface area contributed by atoms with Gasteiger partial charge in [0.05, 0.1) is 30.1 Å². The van der Waals surface area contributed by atoms with Crippen molar-refractivity contribution in [1.82, 2.24) is 20.1 Å². The Morgan fingerprint density at radius 1 is 1.33 bits per heavy atom. The van der Waals surface area contributed by atoms with Crippen LogP contribution in [0, 0.1) is 0 Å². The van der Waals surface area contributed by atoms with Crippen LogP contribution in [0.2, 0.25) is 0 Å². The van der Waals surface area contributed by atoms with Crippen LogP contribution in [0.5, 0.6) is 0 Å². The Bertz CT molecular complexity index is 780. The van der Waals surface area contributed by atoms with Gasteiger partial charge in [0.1, 0.15) is 11.4 Å². The number of hydrogen-bond donors (Lipinski definition) is 2. The van der Waals surface area contributed by atoms with E-state index in [0.717, 1.165) is 24.7 Å². The van der Waals surface area contributed by atoms with Gasteiger partial charge in [-0.25, -0.2) is 4.98 Å². The molecule has 2 aliphatic heterocycles. The highest BCUT2D eigenvalue weighted by Gasteiger charge is 2.42. The summed E-state index contributed by atoms with van der Waals surface area (Å²) >= 11 is 0. The van der Waals surface area contributed by atoms with Gasteiger partial charge < -0.3 is 15.8 Å². The van der Waals surface area contributed by atoms with Crippen LogP contribution in [0.15, 0.2) is 18.3 Å². The number of pyridine rings is 1. The lowest BCUT2D eigenvalue weighted by atomic mass is 9.96. The number of nitrogens with one attached hydrogen (secondary N) is 1. The molecule has 2 aromatic rings. The molecule has 1 atom stereocenters. The number of anilines is 1. The predicted octanol–water partition coefficient (Wildman–Crippen LogP) is 1.76. The number of alkyl halides is 3. The summed E-state index contributed by atoms with van der Waals surface area (Å²) in [5.41, 5.74) is 5.59. The van der Waals surface area contributed by atoms with Gasteiger partial charge in [-0.2, -0.15) is 18.3 Å². The molecule has 128 valence electrons. The number of ether oxygens (including phenoxy) is 1. The Morgan fingerprint density at radius 3 is 2.88 bits per heavy atom. The highest BCUT2D eigenvalue weighted by atomic mass is 19.4. The van der Waals surface area contributed by atoms with Crippen molar-refractivity contribution >= 4 is 5.82 Å². The van der Waals surface area contributed by atoms with E-state index in [1.165, 1.54) is 6.20 Å². The van der Waals surface area contributed by atoms with Gasteiger partial charge >= 0.3 is 6.18 Å². The molecule has 0 unspecified atom stereocenters. The molecule has 1 spiro atoms. The number of fused-ring (bicyclic) bond motifs is 2. The number of hydrogen-bond acceptors (Lipinski definition) is 5. The first-order chi connectivity index (χ1) is 11.4. The average Bonchev–Trinajstić information content (AvgIpc) is 3.15. The monoisotopic (exact) mass is 339 g/mol. The normalized spacial score (nSPS) is 23.6. The van der Waals surface area contributed by atoms with Gasteiger partial charge in [0.25, 0.3) is 0 Å². The summed E-state index contributed by atoms with van der Waals surface area (Å²) in [6.45, 7) is 2.61. The van der Waals surface area contributed by atoms with E-state index in [0.29, 0.717) is 31.0 Å². The number of nitrogens with zero attached hydrogens (tertiary/aromatic N) is 3. The Hall–Kier alpha value is -2.13. The minimum absolute atomic E-state index is 0.291. The molecule has 2 aromatic heterocycles. The van der Waals surface area contributed by atoms with E-state index in [2.05, 4.69) is 15.4 Å². The molecule has 0 aliphatic carbocycles. The van der Waals surface area contributed by atoms with Crippen molar-refractivity contribution in [3.05, 3.63) is 29.6 Å². The fourth-order valence-electron chi connectivity index (χ4n) is 3.35. The third kappa shape index (κ3) is 2.35. The minimum Gasteiger partial charge on any atom is -0.383 e. The summed E-state index contributed by atoms with van der Waals surface area (Å²) < 4.78 is 46.9. The molecule has 0 aromatic carbocycles. The van der Waals surface area contributed by atoms with Crippen LogP contribution in [-0.4, -0.2) is 34.5 Å². The van der Waals surface area contributed by atoms with E-state index in [9.17, 15) is 13.2 Å². The lowest BCUT2D eigenvalue weighted by Gasteiger charge is -2.33. The molecule has 24 heavy (non-hydrogen) atoms. The Kier molecular flexibility index (Phi) is 3.33. The summed E-state index contributed by atoms with van der Waals surface area (Å²) in [6, 6.07) is 2.79. The van der Waals surface area contributed by atoms with E-state index in [1.807, 2.05) is 4.68 Å². The summed E-state index contributed by atoms with van der Waals surface area (Å²) in [7, 11) is 0. The number of aromatic nitrogens is 3. The lowest BCUT2D eigenvalue weighted by molar-refractivity contribution is -0.137. The van der Waals surface area contributed by atoms with E-state index in [4.69, 9.17) is 10.5 Å². The highest BCUT2D eigenvalue weighted by molar-refractivity contribution is 5.63. The topological polar surface area (TPSA) is 78.0 Å².